The Bertz CT molecular complexity index is 657. The molecule has 0 aromatic rings. The molecule has 4 fully saturated rings. The number of aliphatic hydroxyl groups is 1. The van der Waals surface area contributed by atoms with Crippen molar-refractivity contribution < 1.29 is 23.1 Å². The molecule has 0 aromatic heterocycles. The van der Waals surface area contributed by atoms with Crippen LogP contribution in [0.1, 0.15) is 91.4 Å². The van der Waals surface area contributed by atoms with Gasteiger partial charge in [0.1, 0.15) is 0 Å². The van der Waals surface area contributed by atoms with Crippen molar-refractivity contribution in [3.63, 3.8) is 0 Å². The van der Waals surface area contributed by atoms with Crippen LogP contribution in [0.3, 0.4) is 0 Å². The molecule has 166 valence electrons. The molecule has 4 rings (SSSR count). The van der Waals surface area contributed by atoms with Crippen molar-refractivity contribution in [3.05, 3.63) is 0 Å². The molecule has 0 aromatic carbocycles. The number of hydrogen-bond donors (Lipinski definition) is 1. The topological polar surface area (TPSA) is 37.3 Å². The maximum absolute atomic E-state index is 12.7. The van der Waals surface area contributed by atoms with Crippen LogP contribution in [0.4, 0.5) is 13.2 Å². The molecule has 0 spiro atoms. The van der Waals surface area contributed by atoms with Gasteiger partial charge in [0.15, 0.2) is 0 Å². The SMILES string of the molecule is CC1(O)CCC2(C)C(CCC3C4CCC(CCC(=O)C(F)(F)F)C4(C)CCC32)C1. The van der Waals surface area contributed by atoms with E-state index < -0.39 is 17.6 Å². The average Bonchev–Trinajstić information content (AvgIpc) is 2.95. The molecule has 0 aliphatic heterocycles. The van der Waals surface area contributed by atoms with Gasteiger partial charge in [0.05, 0.1) is 5.60 Å². The van der Waals surface area contributed by atoms with Crippen molar-refractivity contribution in [2.45, 2.75) is 103 Å². The first-order valence-corrected chi connectivity index (χ1v) is 11.7. The summed E-state index contributed by atoms with van der Waals surface area (Å²) in [5.41, 5.74) is -0.128. The minimum absolute atomic E-state index is 0.0937. The normalized spacial score (nSPS) is 49.8. The Labute approximate surface area is 173 Å². The number of rotatable bonds is 3. The maximum Gasteiger partial charge on any atom is 0.449 e. The molecule has 8 atom stereocenters. The molecule has 8 unspecified atom stereocenters. The lowest BCUT2D eigenvalue weighted by molar-refractivity contribution is -0.171. The van der Waals surface area contributed by atoms with E-state index in [1.807, 2.05) is 6.92 Å². The predicted octanol–water partition coefficient (Wildman–Crippen LogP) is 6.31. The summed E-state index contributed by atoms with van der Waals surface area (Å²) in [6, 6.07) is 0. The van der Waals surface area contributed by atoms with Gasteiger partial charge in [0.2, 0.25) is 5.78 Å². The van der Waals surface area contributed by atoms with Gasteiger partial charge in [-0.3, -0.25) is 4.79 Å². The quantitative estimate of drug-likeness (QED) is 0.588. The highest BCUT2D eigenvalue weighted by Crippen LogP contribution is 2.68. The predicted molar refractivity (Wildman–Crippen MR) is 106 cm³/mol. The Balaban J connectivity index is 1.47. The van der Waals surface area contributed by atoms with E-state index in [1.165, 1.54) is 12.8 Å². The zero-order valence-electron chi connectivity index (χ0n) is 18.2. The molecule has 4 aliphatic carbocycles. The number of hydrogen-bond acceptors (Lipinski definition) is 2. The molecule has 2 nitrogen and oxygen atoms in total. The lowest BCUT2D eigenvalue weighted by atomic mass is 9.44. The number of fused-ring (bicyclic) bond motifs is 5. The van der Waals surface area contributed by atoms with E-state index in [-0.39, 0.29) is 17.8 Å². The summed E-state index contributed by atoms with van der Waals surface area (Å²) in [7, 11) is 0. The first-order chi connectivity index (χ1) is 13.4. The summed E-state index contributed by atoms with van der Waals surface area (Å²) in [6.07, 6.45) is 4.97. The second-order valence-corrected chi connectivity index (χ2v) is 11.6. The Morgan fingerprint density at radius 2 is 1.62 bits per heavy atom. The summed E-state index contributed by atoms with van der Waals surface area (Å²) in [6.45, 7) is 6.75. The molecule has 0 bridgehead atoms. The Hall–Kier alpha value is -0.580. The zero-order valence-corrected chi connectivity index (χ0v) is 18.2. The molecule has 29 heavy (non-hydrogen) atoms. The van der Waals surface area contributed by atoms with E-state index in [2.05, 4.69) is 13.8 Å². The fourth-order valence-electron chi connectivity index (χ4n) is 8.46. The summed E-state index contributed by atoms with van der Waals surface area (Å²) in [4.78, 5) is 11.4. The lowest BCUT2D eigenvalue weighted by Gasteiger charge is -2.62. The smallest absolute Gasteiger partial charge is 0.390 e. The Kier molecular flexibility index (Phi) is 5.20. The first-order valence-electron chi connectivity index (χ1n) is 11.7. The summed E-state index contributed by atoms with van der Waals surface area (Å²) in [5, 5.41) is 10.6. The van der Waals surface area contributed by atoms with Gasteiger partial charge in [-0.05, 0) is 112 Å². The number of carbonyl (C=O) groups excluding carboxylic acids is 1. The molecular weight excluding hydrogens is 377 g/mol. The molecule has 0 radical (unpaired) electrons. The van der Waals surface area contributed by atoms with Crippen LogP contribution >= 0.6 is 0 Å². The van der Waals surface area contributed by atoms with Gasteiger partial charge in [-0.1, -0.05) is 13.8 Å². The third kappa shape index (κ3) is 3.57. The molecular formula is C24H37F3O2. The van der Waals surface area contributed by atoms with Crippen LogP contribution in [0.5, 0.6) is 0 Å². The van der Waals surface area contributed by atoms with Crippen LogP contribution < -0.4 is 0 Å². The lowest BCUT2D eigenvalue weighted by Crippen LogP contribution is -2.55. The number of halogens is 3. The van der Waals surface area contributed by atoms with Crippen LogP contribution in [0, 0.1) is 40.4 Å². The fourth-order valence-corrected chi connectivity index (χ4v) is 8.46. The van der Waals surface area contributed by atoms with Gasteiger partial charge in [-0.15, -0.1) is 0 Å². The minimum Gasteiger partial charge on any atom is -0.390 e. The average molecular weight is 415 g/mol. The van der Waals surface area contributed by atoms with Crippen LogP contribution in [0.15, 0.2) is 0 Å². The molecule has 4 saturated carbocycles. The highest BCUT2D eigenvalue weighted by atomic mass is 19.4. The fraction of sp³-hybridized carbons (Fsp3) is 0.958. The molecule has 0 heterocycles. The van der Waals surface area contributed by atoms with Crippen molar-refractivity contribution >= 4 is 5.78 Å². The van der Waals surface area contributed by atoms with E-state index in [0.717, 1.165) is 44.9 Å². The van der Waals surface area contributed by atoms with Crippen LogP contribution in [0.25, 0.3) is 0 Å². The van der Waals surface area contributed by atoms with Crippen LogP contribution in [0.2, 0.25) is 0 Å². The van der Waals surface area contributed by atoms with E-state index in [9.17, 15) is 23.1 Å². The molecule has 0 saturated heterocycles. The van der Waals surface area contributed by atoms with Gasteiger partial charge in [-0.2, -0.15) is 13.2 Å². The second kappa shape index (κ2) is 6.97. The summed E-state index contributed by atoms with van der Waals surface area (Å²) < 4.78 is 38.0. The first kappa shape index (κ1) is 21.6. The Morgan fingerprint density at radius 3 is 2.31 bits per heavy atom. The van der Waals surface area contributed by atoms with Gasteiger partial charge in [-0.25, -0.2) is 0 Å². The second-order valence-electron chi connectivity index (χ2n) is 11.6. The highest BCUT2D eigenvalue weighted by molar-refractivity contribution is 5.83. The Morgan fingerprint density at radius 1 is 0.931 bits per heavy atom. The number of Topliss-reactive ketones (excluding diaryl/α,β-unsaturated/α-hetero) is 1. The van der Waals surface area contributed by atoms with Gasteiger partial charge in [0.25, 0.3) is 0 Å². The van der Waals surface area contributed by atoms with Gasteiger partial charge < -0.3 is 5.11 Å². The minimum atomic E-state index is -4.69. The van der Waals surface area contributed by atoms with Crippen LogP contribution in [-0.2, 0) is 4.79 Å². The van der Waals surface area contributed by atoms with Crippen molar-refractivity contribution in [3.8, 4) is 0 Å². The summed E-state index contributed by atoms with van der Waals surface area (Å²) in [5.74, 6) is 1.23. The third-order valence-corrected chi connectivity index (χ3v) is 10.2. The van der Waals surface area contributed by atoms with Crippen molar-refractivity contribution in [2.24, 2.45) is 40.4 Å². The largest absolute Gasteiger partial charge is 0.449 e. The van der Waals surface area contributed by atoms with Crippen LogP contribution in [-0.4, -0.2) is 22.7 Å². The van der Waals surface area contributed by atoms with Gasteiger partial charge in [0, 0.05) is 6.42 Å². The molecule has 4 aliphatic rings. The van der Waals surface area contributed by atoms with E-state index in [0.29, 0.717) is 35.5 Å². The molecule has 5 heteroatoms. The van der Waals surface area contributed by atoms with Crippen molar-refractivity contribution in [1.82, 2.24) is 0 Å². The maximum atomic E-state index is 12.7. The van der Waals surface area contributed by atoms with Crippen molar-refractivity contribution in [1.29, 1.82) is 0 Å². The van der Waals surface area contributed by atoms with E-state index in [4.69, 9.17) is 0 Å². The summed E-state index contributed by atoms with van der Waals surface area (Å²) >= 11 is 0. The number of ketones is 1. The number of alkyl halides is 3. The van der Waals surface area contributed by atoms with Gasteiger partial charge >= 0.3 is 6.18 Å². The standard InChI is InChI=1S/C24H37F3O2/c1-21(29)12-13-23(3)16(14-21)4-7-17-18-8-5-15(6-9-20(28)24(25,26)27)22(18,2)11-10-19(17)23/h15-19,29H,4-14H2,1-3H3. The zero-order chi connectivity index (χ0) is 21.2. The third-order valence-electron chi connectivity index (χ3n) is 10.2. The highest BCUT2D eigenvalue weighted by Gasteiger charge is 2.60. The molecule has 0 amide bonds. The monoisotopic (exact) mass is 414 g/mol. The number of carbonyl (C=O) groups is 1. The van der Waals surface area contributed by atoms with E-state index >= 15 is 0 Å². The van der Waals surface area contributed by atoms with E-state index in [1.54, 1.807) is 0 Å². The van der Waals surface area contributed by atoms with Crippen molar-refractivity contribution in [2.75, 3.05) is 0 Å². The molecule has 1 N–H and O–H groups in total.